The Balaban J connectivity index is 2.30. The molecule has 1 N–H and O–H groups in total. The van der Waals surface area contributed by atoms with Gasteiger partial charge in [0, 0.05) is 10.2 Å². The molecule has 0 radical (unpaired) electrons. The van der Waals surface area contributed by atoms with Crippen LogP contribution in [0.3, 0.4) is 0 Å². The van der Waals surface area contributed by atoms with E-state index in [0.29, 0.717) is 20.2 Å². The van der Waals surface area contributed by atoms with Crippen LogP contribution in [0.2, 0.25) is 0 Å². The third kappa shape index (κ3) is 3.22. The highest BCUT2D eigenvalue weighted by atomic mass is 79.9. The van der Waals surface area contributed by atoms with E-state index < -0.39 is 5.82 Å². The lowest BCUT2D eigenvalue weighted by molar-refractivity contribution is 0.102. The molecule has 2 rings (SSSR count). The molecule has 0 aliphatic carbocycles. The summed E-state index contributed by atoms with van der Waals surface area (Å²) in [6, 6.07) is 10.0. The maximum absolute atomic E-state index is 13.5. The zero-order chi connectivity index (χ0) is 14.0. The van der Waals surface area contributed by atoms with Gasteiger partial charge in [-0.15, -0.1) is 0 Å². The summed E-state index contributed by atoms with van der Waals surface area (Å²) >= 11 is 6.42. The predicted octanol–water partition coefficient (Wildman–Crippen LogP) is 4.91. The lowest BCUT2D eigenvalue weighted by Crippen LogP contribution is -2.13. The predicted molar refractivity (Wildman–Crippen MR) is 80.9 cm³/mol. The molecular weight excluding hydrogens is 377 g/mol. The topological polar surface area (TPSA) is 29.1 Å². The van der Waals surface area contributed by atoms with Crippen molar-refractivity contribution in [2.75, 3.05) is 5.32 Å². The van der Waals surface area contributed by atoms with E-state index in [-0.39, 0.29) is 5.91 Å². The molecule has 0 fully saturated rings. The third-order valence-corrected chi connectivity index (χ3v) is 3.93. The van der Waals surface area contributed by atoms with E-state index in [2.05, 4.69) is 37.2 Å². The first-order chi connectivity index (χ1) is 8.99. The molecule has 0 atom stereocenters. The van der Waals surface area contributed by atoms with Crippen LogP contribution in [0, 0.1) is 12.7 Å². The molecular formula is C14H10Br2FNO. The second kappa shape index (κ2) is 5.84. The van der Waals surface area contributed by atoms with Crippen molar-refractivity contribution in [2.24, 2.45) is 0 Å². The summed E-state index contributed by atoms with van der Waals surface area (Å²) in [6.07, 6.45) is 0. The van der Waals surface area contributed by atoms with Crippen LogP contribution in [0.15, 0.2) is 45.3 Å². The maximum atomic E-state index is 13.5. The van der Waals surface area contributed by atoms with Gasteiger partial charge in [0.1, 0.15) is 5.82 Å². The molecule has 0 saturated carbocycles. The number of anilines is 1. The Hall–Kier alpha value is -1.20. The maximum Gasteiger partial charge on any atom is 0.256 e. The van der Waals surface area contributed by atoms with Crippen LogP contribution >= 0.6 is 31.9 Å². The quantitative estimate of drug-likeness (QED) is 0.780. The van der Waals surface area contributed by atoms with Crippen LogP contribution in [-0.4, -0.2) is 5.91 Å². The Morgan fingerprint density at radius 1 is 1.16 bits per heavy atom. The average molecular weight is 387 g/mol. The van der Waals surface area contributed by atoms with Gasteiger partial charge in [0.05, 0.1) is 10.0 Å². The highest BCUT2D eigenvalue weighted by molar-refractivity contribution is 9.10. The summed E-state index contributed by atoms with van der Waals surface area (Å²) in [7, 11) is 0. The number of halogens is 3. The number of hydrogen-bond acceptors (Lipinski definition) is 1. The first-order valence-corrected chi connectivity index (χ1v) is 7.09. The van der Waals surface area contributed by atoms with Gasteiger partial charge in [-0.1, -0.05) is 12.1 Å². The number of carbonyl (C=O) groups excluding carboxylic acids is 1. The van der Waals surface area contributed by atoms with Crippen LogP contribution in [0.4, 0.5) is 10.1 Å². The van der Waals surface area contributed by atoms with E-state index in [1.54, 1.807) is 31.2 Å². The molecule has 2 aromatic rings. The van der Waals surface area contributed by atoms with Gasteiger partial charge in [0.25, 0.3) is 5.91 Å². The van der Waals surface area contributed by atoms with Crippen molar-refractivity contribution >= 4 is 43.5 Å². The van der Waals surface area contributed by atoms with Gasteiger partial charge in [0.2, 0.25) is 0 Å². The van der Waals surface area contributed by atoms with Crippen LogP contribution in [0.25, 0.3) is 0 Å². The fraction of sp³-hybridized carbons (Fsp3) is 0.0714. The van der Waals surface area contributed by atoms with Crippen LogP contribution in [-0.2, 0) is 0 Å². The minimum atomic E-state index is -0.409. The van der Waals surface area contributed by atoms with Gasteiger partial charge in [-0.25, -0.2) is 4.39 Å². The Kier molecular flexibility index (Phi) is 4.37. The molecule has 0 saturated heterocycles. The molecule has 5 heteroatoms. The van der Waals surface area contributed by atoms with Gasteiger partial charge >= 0.3 is 0 Å². The Morgan fingerprint density at radius 3 is 2.53 bits per heavy atom. The first kappa shape index (κ1) is 14.2. The fourth-order valence-corrected chi connectivity index (χ4v) is 2.54. The second-order valence-corrected chi connectivity index (χ2v) is 5.72. The smallest absolute Gasteiger partial charge is 0.256 e. The summed E-state index contributed by atoms with van der Waals surface area (Å²) < 4.78 is 14.6. The Morgan fingerprint density at radius 2 is 1.84 bits per heavy atom. The Bertz CT molecular complexity index is 643. The van der Waals surface area contributed by atoms with Gasteiger partial charge in [-0.3, -0.25) is 4.79 Å². The van der Waals surface area contributed by atoms with Crippen molar-refractivity contribution in [3.8, 4) is 0 Å². The molecule has 0 bridgehead atoms. The van der Waals surface area contributed by atoms with E-state index in [1.165, 1.54) is 6.07 Å². The van der Waals surface area contributed by atoms with Gasteiger partial charge in [-0.2, -0.15) is 0 Å². The number of nitrogens with one attached hydrogen (secondary N) is 1. The van der Waals surface area contributed by atoms with Crippen molar-refractivity contribution < 1.29 is 9.18 Å². The standard InChI is InChI=1S/C14H10Br2FNO/c1-8-6-11(16)12(17)7-13(8)18-14(19)9-4-2-3-5-10(9)15/h2-7H,1H3,(H,18,19). The van der Waals surface area contributed by atoms with E-state index in [4.69, 9.17) is 0 Å². The number of carbonyl (C=O) groups is 1. The summed E-state index contributed by atoms with van der Waals surface area (Å²) in [5.41, 5.74) is 1.75. The fourth-order valence-electron chi connectivity index (χ4n) is 1.62. The number of amides is 1. The Labute approximate surface area is 127 Å². The SMILES string of the molecule is Cc1cc(Br)c(F)cc1NC(=O)c1ccccc1Br. The summed E-state index contributed by atoms with van der Waals surface area (Å²) in [5.74, 6) is -0.690. The highest BCUT2D eigenvalue weighted by Crippen LogP contribution is 2.25. The minimum Gasteiger partial charge on any atom is -0.322 e. The number of rotatable bonds is 2. The molecule has 19 heavy (non-hydrogen) atoms. The normalized spacial score (nSPS) is 10.3. The monoisotopic (exact) mass is 385 g/mol. The molecule has 98 valence electrons. The van der Waals surface area contributed by atoms with Crippen LogP contribution < -0.4 is 5.32 Å². The van der Waals surface area contributed by atoms with Crippen molar-refractivity contribution in [3.63, 3.8) is 0 Å². The molecule has 0 aliphatic rings. The van der Waals surface area contributed by atoms with E-state index in [1.807, 2.05) is 6.07 Å². The minimum absolute atomic E-state index is 0.280. The van der Waals surface area contributed by atoms with E-state index >= 15 is 0 Å². The van der Waals surface area contributed by atoms with Gasteiger partial charge in [0.15, 0.2) is 0 Å². The molecule has 0 aliphatic heterocycles. The third-order valence-electron chi connectivity index (χ3n) is 2.63. The highest BCUT2D eigenvalue weighted by Gasteiger charge is 2.12. The van der Waals surface area contributed by atoms with Crippen molar-refractivity contribution in [1.82, 2.24) is 0 Å². The average Bonchev–Trinajstić information content (AvgIpc) is 2.36. The molecule has 0 spiro atoms. The molecule has 2 aromatic carbocycles. The largest absolute Gasteiger partial charge is 0.322 e. The van der Waals surface area contributed by atoms with Crippen LogP contribution in [0.1, 0.15) is 15.9 Å². The lowest BCUT2D eigenvalue weighted by Gasteiger charge is -2.10. The zero-order valence-electron chi connectivity index (χ0n) is 10.0. The van der Waals surface area contributed by atoms with E-state index in [9.17, 15) is 9.18 Å². The molecule has 1 amide bonds. The second-order valence-electron chi connectivity index (χ2n) is 4.02. The van der Waals surface area contributed by atoms with Gasteiger partial charge < -0.3 is 5.32 Å². The number of benzene rings is 2. The molecule has 0 aromatic heterocycles. The molecule has 2 nitrogen and oxygen atoms in total. The summed E-state index contributed by atoms with van der Waals surface area (Å²) in [4.78, 5) is 12.1. The molecule has 0 unspecified atom stereocenters. The number of hydrogen-bond donors (Lipinski definition) is 1. The van der Waals surface area contributed by atoms with Crippen molar-refractivity contribution in [1.29, 1.82) is 0 Å². The lowest BCUT2D eigenvalue weighted by atomic mass is 10.1. The molecule has 0 heterocycles. The van der Waals surface area contributed by atoms with Gasteiger partial charge in [-0.05, 0) is 68.6 Å². The van der Waals surface area contributed by atoms with E-state index in [0.717, 1.165) is 5.56 Å². The zero-order valence-corrected chi connectivity index (χ0v) is 13.2. The summed E-state index contributed by atoms with van der Waals surface area (Å²) in [6.45, 7) is 1.81. The number of aryl methyl sites for hydroxylation is 1. The summed E-state index contributed by atoms with van der Waals surface area (Å²) in [5, 5.41) is 2.71. The van der Waals surface area contributed by atoms with Crippen molar-refractivity contribution in [3.05, 3.63) is 62.3 Å². The van der Waals surface area contributed by atoms with Crippen LogP contribution in [0.5, 0.6) is 0 Å². The van der Waals surface area contributed by atoms with Crippen molar-refractivity contribution in [2.45, 2.75) is 6.92 Å². The first-order valence-electron chi connectivity index (χ1n) is 5.50.